The van der Waals surface area contributed by atoms with Gasteiger partial charge in [-0.2, -0.15) is 4.68 Å². The molecular weight excluding hydrogens is 341 g/mol. The van der Waals surface area contributed by atoms with Gasteiger partial charge in [0.2, 0.25) is 11.1 Å². The predicted molar refractivity (Wildman–Crippen MR) is 92.8 cm³/mol. The zero-order valence-corrected chi connectivity index (χ0v) is 14.4. The number of tetrazole rings is 1. The van der Waals surface area contributed by atoms with Gasteiger partial charge in [0, 0.05) is 13.6 Å². The summed E-state index contributed by atoms with van der Waals surface area (Å²) in [5, 5.41) is 12.1. The molecule has 0 unspecified atom stereocenters. The second-order valence-electron chi connectivity index (χ2n) is 5.38. The fourth-order valence-electron chi connectivity index (χ4n) is 2.23. The van der Waals surface area contributed by atoms with Crippen LogP contribution >= 0.6 is 11.8 Å². The van der Waals surface area contributed by atoms with Crippen LogP contribution in [0.1, 0.15) is 5.56 Å². The molecule has 0 aliphatic carbocycles. The molecule has 128 valence electrons. The Morgan fingerprint density at radius 3 is 2.76 bits per heavy atom. The quantitative estimate of drug-likeness (QED) is 0.635. The lowest BCUT2D eigenvalue weighted by atomic mass is 10.2. The molecule has 2 aromatic carbocycles. The lowest BCUT2D eigenvalue weighted by Crippen LogP contribution is -2.28. The summed E-state index contributed by atoms with van der Waals surface area (Å²) in [6.45, 7) is 0.348. The molecule has 25 heavy (non-hydrogen) atoms. The molecule has 6 nitrogen and oxygen atoms in total. The van der Waals surface area contributed by atoms with E-state index in [2.05, 4.69) is 15.5 Å². The number of halogens is 1. The number of hydrogen-bond acceptors (Lipinski definition) is 5. The number of rotatable bonds is 6. The number of nitrogens with zero attached hydrogens (tertiary/aromatic N) is 5. The first-order valence-electron chi connectivity index (χ1n) is 7.58. The third-order valence-electron chi connectivity index (χ3n) is 3.50. The predicted octanol–water partition coefficient (Wildman–Crippen LogP) is 2.55. The molecule has 0 saturated carbocycles. The summed E-state index contributed by atoms with van der Waals surface area (Å²) < 4.78 is 14.8. The molecule has 1 amide bonds. The van der Waals surface area contributed by atoms with E-state index >= 15 is 0 Å². The Hall–Kier alpha value is -2.74. The minimum atomic E-state index is -0.310. The van der Waals surface area contributed by atoms with Crippen molar-refractivity contribution in [1.29, 1.82) is 0 Å². The normalized spacial score (nSPS) is 10.6. The number of hydrogen-bond donors (Lipinski definition) is 0. The van der Waals surface area contributed by atoms with Gasteiger partial charge in [0.25, 0.3) is 0 Å². The van der Waals surface area contributed by atoms with Crippen LogP contribution in [0, 0.1) is 5.82 Å². The molecule has 0 aliphatic heterocycles. The molecular formula is C17H16FN5OS. The molecule has 0 saturated heterocycles. The number of amides is 1. The van der Waals surface area contributed by atoms with E-state index in [-0.39, 0.29) is 17.5 Å². The van der Waals surface area contributed by atoms with Crippen molar-refractivity contribution in [3.8, 4) is 5.69 Å². The average Bonchev–Trinajstić information content (AvgIpc) is 3.09. The highest BCUT2D eigenvalue weighted by Crippen LogP contribution is 2.18. The zero-order valence-electron chi connectivity index (χ0n) is 13.5. The van der Waals surface area contributed by atoms with Crippen molar-refractivity contribution >= 4 is 17.7 Å². The summed E-state index contributed by atoms with van der Waals surface area (Å²) in [5.41, 5.74) is 1.57. The van der Waals surface area contributed by atoms with Gasteiger partial charge in [-0.25, -0.2) is 4.39 Å². The van der Waals surface area contributed by atoms with Crippen molar-refractivity contribution in [2.45, 2.75) is 11.7 Å². The van der Waals surface area contributed by atoms with Gasteiger partial charge in [0.1, 0.15) is 5.82 Å². The van der Waals surface area contributed by atoms with Crippen LogP contribution in [0.2, 0.25) is 0 Å². The van der Waals surface area contributed by atoms with Gasteiger partial charge in [0.15, 0.2) is 0 Å². The van der Waals surface area contributed by atoms with Crippen LogP contribution in [0.15, 0.2) is 59.8 Å². The smallest absolute Gasteiger partial charge is 0.233 e. The highest BCUT2D eigenvalue weighted by Gasteiger charge is 2.14. The highest BCUT2D eigenvalue weighted by atomic mass is 32.2. The van der Waals surface area contributed by atoms with Crippen molar-refractivity contribution in [3.05, 3.63) is 66.0 Å². The fourth-order valence-corrected chi connectivity index (χ4v) is 3.07. The molecule has 3 rings (SSSR count). The molecule has 0 aliphatic rings. The maximum atomic E-state index is 13.2. The first-order chi connectivity index (χ1) is 12.1. The minimum absolute atomic E-state index is 0.0862. The Kier molecular flexibility index (Phi) is 5.39. The molecule has 0 atom stereocenters. The summed E-state index contributed by atoms with van der Waals surface area (Å²) in [5.74, 6) is -0.203. The van der Waals surface area contributed by atoms with E-state index in [9.17, 15) is 9.18 Å². The first kappa shape index (κ1) is 17.1. The number of carbonyl (C=O) groups excluding carboxylic acids is 1. The summed E-state index contributed by atoms with van der Waals surface area (Å²) in [6.07, 6.45) is 0. The van der Waals surface area contributed by atoms with Crippen LogP contribution < -0.4 is 0 Å². The Labute approximate surface area is 148 Å². The summed E-state index contributed by atoms with van der Waals surface area (Å²) >= 11 is 1.26. The molecule has 1 aromatic heterocycles. The molecule has 0 bridgehead atoms. The van der Waals surface area contributed by atoms with Crippen molar-refractivity contribution in [2.24, 2.45) is 0 Å². The first-order valence-corrected chi connectivity index (χ1v) is 8.57. The van der Waals surface area contributed by atoms with E-state index in [0.29, 0.717) is 11.7 Å². The van der Waals surface area contributed by atoms with Crippen molar-refractivity contribution in [2.75, 3.05) is 12.8 Å². The minimum Gasteiger partial charge on any atom is -0.341 e. The molecule has 0 N–H and O–H groups in total. The second-order valence-corrected chi connectivity index (χ2v) is 6.32. The third-order valence-corrected chi connectivity index (χ3v) is 4.41. The van der Waals surface area contributed by atoms with Crippen LogP contribution in [0.3, 0.4) is 0 Å². The topological polar surface area (TPSA) is 63.9 Å². The van der Waals surface area contributed by atoms with Crippen LogP contribution in [0.4, 0.5) is 4.39 Å². The second kappa shape index (κ2) is 7.89. The van der Waals surface area contributed by atoms with Crippen LogP contribution in [-0.2, 0) is 11.3 Å². The van der Waals surface area contributed by atoms with Crippen molar-refractivity contribution in [1.82, 2.24) is 25.1 Å². The van der Waals surface area contributed by atoms with Crippen LogP contribution in [0.5, 0.6) is 0 Å². The van der Waals surface area contributed by atoms with Gasteiger partial charge in [-0.05, 0) is 40.3 Å². The molecule has 0 radical (unpaired) electrons. The van der Waals surface area contributed by atoms with Gasteiger partial charge in [-0.1, -0.05) is 42.1 Å². The molecule has 1 heterocycles. The van der Waals surface area contributed by atoms with Crippen LogP contribution in [-0.4, -0.2) is 43.8 Å². The van der Waals surface area contributed by atoms with Crippen molar-refractivity contribution < 1.29 is 9.18 Å². The number of carbonyl (C=O) groups is 1. The molecule has 3 aromatic rings. The van der Waals surface area contributed by atoms with E-state index < -0.39 is 0 Å². The van der Waals surface area contributed by atoms with Gasteiger partial charge in [-0.15, -0.1) is 5.10 Å². The average molecular weight is 357 g/mol. The van der Waals surface area contributed by atoms with E-state index in [4.69, 9.17) is 0 Å². The Morgan fingerprint density at radius 1 is 1.20 bits per heavy atom. The molecule has 8 heteroatoms. The van der Waals surface area contributed by atoms with Gasteiger partial charge < -0.3 is 4.90 Å². The standard InChI is InChI=1S/C17H16FN5OS/c1-22(11-13-6-5-7-14(18)10-13)16(24)12-25-17-19-20-21-23(17)15-8-3-2-4-9-15/h2-10H,11-12H2,1H3. The van der Waals surface area contributed by atoms with E-state index in [1.807, 2.05) is 30.3 Å². The fraction of sp³-hybridized carbons (Fsp3) is 0.176. The summed E-state index contributed by atoms with van der Waals surface area (Å²) in [7, 11) is 1.69. The Balaban J connectivity index is 1.60. The molecule has 0 spiro atoms. The third kappa shape index (κ3) is 4.42. The van der Waals surface area contributed by atoms with Crippen molar-refractivity contribution in [3.63, 3.8) is 0 Å². The van der Waals surface area contributed by atoms with Gasteiger partial charge in [0.05, 0.1) is 11.4 Å². The SMILES string of the molecule is CN(Cc1cccc(F)c1)C(=O)CSc1nnnn1-c1ccccc1. The monoisotopic (exact) mass is 357 g/mol. The van der Waals surface area contributed by atoms with E-state index in [0.717, 1.165) is 11.3 Å². The summed E-state index contributed by atoms with van der Waals surface area (Å²) in [4.78, 5) is 13.9. The highest BCUT2D eigenvalue weighted by molar-refractivity contribution is 7.99. The van der Waals surface area contributed by atoms with E-state index in [1.54, 1.807) is 28.8 Å². The lowest BCUT2D eigenvalue weighted by Gasteiger charge is -2.17. The van der Waals surface area contributed by atoms with Crippen LogP contribution in [0.25, 0.3) is 5.69 Å². The summed E-state index contributed by atoms with van der Waals surface area (Å²) in [6, 6.07) is 15.7. The number of benzene rings is 2. The largest absolute Gasteiger partial charge is 0.341 e. The van der Waals surface area contributed by atoms with E-state index in [1.165, 1.54) is 23.9 Å². The number of aromatic nitrogens is 4. The van der Waals surface area contributed by atoms with Gasteiger partial charge in [-0.3, -0.25) is 4.79 Å². The Morgan fingerprint density at radius 2 is 2.00 bits per heavy atom. The zero-order chi connectivity index (χ0) is 17.6. The Bertz CT molecular complexity index is 855. The number of para-hydroxylation sites is 1. The molecule has 0 fully saturated rings. The van der Waals surface area contributed by atoms with Gasteiger partial charge >= 0.3 is 0 Å². The number of thioether (sulfide) groups is 1. The lowest BCUT2D eigenvalue weighted by molar-refractivity contribution is -0.127. The maximum Gasteiger partial charge on any atom is 0.233 e. The maximum absolute atomic E-state index is 13.2.